The van der Waals surface area contributed by atoms with Gasteiger partial charge < -0.3 is 14.6 Å². The number of hydrogen-bond donors (Lipinski definition) is 1. The lowest BCUT2D eigenvalue weighted by molar-refractivity contribution is 0.483. The topological polar surface area (TPSA) is 52.0 Å². The summed E-state index contributed by atoms with van der Waals surface area (Å²) < 4.78 is 7.77. The first-order chi connectivity index (χ1) is 12.6. The Balaban J connectivity index is 0.00000210. The van der Waals surface area contributed by atoms with Crippen LogP contribution in [0, 0.1) is 0 Å². The molecule has 0 aliphatic carbocycles. The summed E-state index contributed by atoms with van der Waals surface area (Å²) in [6.07, 6.45) is 3.47. The number of benzene rings is 2. The van der Waals surface area contributed by atoms with Gasteiger partial charge in [0.2, 0.25) is 0 Å². The van der Waals surface area contributed by atoms with Crippen molar-refractivity contribution in [1.82, 2.24) is 14.5 Å². The van der Waals surface area contributed by atoms with Gasteiger partial charge in [0.05, 0.1) is 10.5 Å². The molecule has 27 heavy (non-hydrogen) atoms. The molecule has 4 aromatic rings. The molecule has 0 atom stereocenters. The quantitative estimate of drug-likeness (QED) is 0.424. The van der Waals surface area contributed by atoms with E-state index >= 15 is 0 Å². The Bertz CT molecular complexity index is 1100. The zero-order valence-corrected chi connectivity index (χ0v) is 16.5. The molecule has 0 saturated carbocycles. The van der Waals surface area contributed by atoms with E-state index in [2.05, 4.69) is 15.3 Å². The molecule has 0 fully saturated rings. The standard InChI is InChI=1S/C19H14Cl2N4O.ClH/c1-25-8-7-16-18(25)19(23-11-22-16)24-13-5-6-17(15(21)10-13)26-14-4-2-3-12(20)9-14;/h2-11H,1H3,(H,22,23,24);1H. The molecule has 0 aliphatic heterocycles. The number of hydrogen-bond acceptors (Lipinski definition) is 4. The van der Waals surface area contributed by atoms with Gasteiger partial charge in [-0.25, -0.2) is 9.97 Å². The molecule has 4 rings (SSSR count). The van der Waals surface area contributed by atoms with Crippen LogP contribution in [-0.4, -0.2) is 14.5 Å². The Kier molecular flexibility index (Phi) is 5.75. The van der Waals surface area contributed by atoms with Crippen molar-refractivity contribution in [3.8, 4) is 11.5 Å². The minimum Gasteiger partial charge on any atom is -0.456 e. The second-order valence-corrected chi connectivity index (χ2v) is 6.56. The molecule has 0 spiro atoms. The van der Waals surface area contributed by atoms with Crippen molar-refractivity contribution >= 4 is 58.1 Å². The Morgan fingerprint density at radius 2 is 1.89 bits per heavy atom. The molecule has 2 heterocycles. The number of aryl methyl sites for hydroxylation is 1. The fraction of sp³-hybridized carbons (Fsp3) is 0.0526. The van der Waals surface area contributed by atoms with Crippen molar-refractivity contribution in [1.29, 1.82) is 0 Å². The van der Waals surface area contributed by atoms with Crippen LogP contribution in [0.1, 0.15) is 0 Å². The van der Waals surface area contributed by atoms with E-state index in [4.69, 9.17) is 27.9 Å². The molecule has 1 N–H and O–H groups in total. The van der Waals surface area contributed by atoms with Crippen molar-refractivity contribution in [2.45, 2.75) is 0 Å². The van der Waals surface area contributed by atoms with E-state index in [0.717, 1.165) is 16.7 Å². The Hall–Kier alpha value is -2.47. The Labute approximate surface area is 172 Å². The van der Waals surface area contributed by atoms with Crippen molar-refractivity contribution < 1.29 is 4.74 Å². The molecular formula is C19H15Cl3N4O. The van der Waals surface area contributed by atoms with Gasteiger partial charge in [-0.3, -0.25) is 0 Å². The van der Waals surface area contributed by atoms with Crippen LogP contribution in [-0.2, 0) is 7.05 Å². The predicted octanol–water partition coefficient (Wildman–Crippen LogP) is 6.23. The lowest BCUT2D eigenvalue weighted by Gasteiger charge is -2.11. The first-order valence-corrected chi connectivity index (χ1v) is 8.62. The monoisotopic (exact) mass is 420 g/mol. The highest BCUT2D eigenvalue weighted by atomic mass is 35.5. The molecule has 0 radical (unpaired) electrons. The molecule has 0 saturated heterocycles. The van der Waals surface area contributed by atoms with Gasteiger partial charge in [0.15, 0.2) is 5.82 Å². The van der Waals surface area contributed by atoms with Gasteiger partial charge in [-0.1, -0.05) is 29.3 Å². The average Bonchev–Trinajstić information content (AvgIpc) is 3.00. The van der Waals surface area contributed by atoms with Gasteiger partial charge in [0.25, 0.3) is 0 Å². The summed E-state index contributed by atoms with van der Waals surface area (Å²) in [7, 11) is 1.95. The van der Waals surface area contributed by atoms with Crippen LogP contribution in [0.5, 0.6) is 11.5 Å². The summed E-state index contributed by atoms with van der Waals surface area (Å²) in [4.78, 5) is 8.59. The van der Waals surface area contributed by atoms with Gasteiger partial charge in [-0.2, -0.15) is 0 Å². The van der Waals surface area contributed by atoms with Crippen LogP contribution in [0.3, 0.4) is 0 Å². The van der Waals surface area contributed by atoms with Crippen LogP contribution in [0.2, 0.25) is 10.0 Å². The minimum absolute atomic E-state index is 0. The van der Waals surface area contributed by atoms with Crippen LogP contribution in [0.25, 0.3) is 11.0 Å². The van der Waals surface area contributed by atoms with Crippen LogP contribution >= 0.6 is 35.6 Å². The Morgan fingerprint density at radius 1 is 1.04 bits per heavy atom. The highest BCUT2D eigenvalue weighted by Gasteiger charge is 2.10. The third kappa shape index (κ3) is 4.11. The van der Waals surface area contributed by atoms with Crippen LogP contribution in [0.15, 0.2) is 61.1 Å². The SMILES string of the molecule is Cl.Cn1ccc2ncnc(Nc3ccc(Oc4cccc(Cl)c4)c(Cl)c3)c21. The summed E-state index contributed by atoms with van der Waals surface area (Å²) in [6.45, 7) is 0. The van der Waals surface area contributed by atoms with E-state index in [0.29, 0.717) is 27.4 Å². The molecule has 0 amide bonds. The van der Waals surface area contributed by atoms with E-state index in [1.54, 1.807) is 24.3 Å². The summed E-state index contributed by atoms with van der Waals surface area (Å²) in [5, 5.41) is 4.36. The number of nitrogens with zero attached hydrogens (tertiary/aromatic N) is 3. The molecule has 8 heteroatoms. The van der Waals surface area contributed by atoms with Crippen molar-refractivity contribution in [3.05, 3.63) is 71.1 Å². The summed E-state index contributed by atoms with van der Waals surface area (Å²) in [6, 6.07) is 14.6. The third-order valence-electron chi connectivity index (χ3n) is 3.88. The first kappa shape index (κ1) is 19.3. The fourth-order valence-corrected chi connectivity index (χ4v) is 3.07. The molecule has 0 unspecified atom stereocenters. The van der Waals surface area contributed by atoms with Gasteiger partial charge in [-0.15, -0.1) is 12.4 Å². The number of halogens is 3. The van der Waals surface area contributed by atoms with Crippen molar-refractivity contribution in [2.75, 3.05) is 5.32 Å². The maximum Gasteiger partial charge on any atom is 0.158 e. The highest BCUT2D eigenvalue weighted by Crippen LogP contribution is 2.33. The molecule has 2 aromatic carbocycles. The third-order valence-corrected chi connectivity index (χ3v) is 4.41. The van der Waals surface area contributed by atoms with Gasteiger partial charge in [0, 0.05) is 24.0 Å². The minimum atomic E-state index is 0. The molecule has 0 bridgehead atoms. The zero-order chi connectivity index (χ0) is 18.1. The Morgan fingerprint density at radius 3 is 2.67 bits per heavy atom. The maximum absolute atomic E-state index is 6.38. The number of nitrogens with one attached hydrogen (secondary N) is 1. The largest absolute Gasteiger partial charge is 0.456 e. The van der Waals surface area contributed by atoms with Crippen LogP contribution < -0.4 is 10.1 Å². The van der Waals surface area contributed by atoms with E-state index in [-0.39, 0.29) is 12.4 Å². The van der Waals surface area contributed by atoms with Crippen molar-refractivity contribution in [2.24, 2.45) is 7.05 Å². The predicted molar refractivity (Wildman–Crippen MR) is 112 cm³/mol. The molecule has 5 nitrogen and oxygen atoms in total. The number of rotatable bonds is 4. The highest BCUT2D eigenvalue weighted by molar-refractivity contribution is 6.32. The second kappa shape index (κ2) is 8.05. The fourth-order valence-electron chi connectivity index (χ4n) is 2.67. The van der Waals surface area contributed by atoms with Gasteiger partial charge in [-0.05, 0) is 42.5 Å². The summed E-state index contributed by atoms with van der Waals surface area (Å²) in [5.41, 5.74) is 2.59. The normalized spacial score (nSPS) is 10.5. The molecular weight excluding hydrogens is 407 g/mol. The maximum atomic E-state index is 6.38. The summed E-state index contributed by atoms with van der Waals surface area (Å²) in [5.74, 6) is 1.88. The van der Waals surface area contributed by atoms with Gasteiger partial charge in [0.1, 0.15) is 23.3 Å². The van der Waals surface area contributed by atoms with E-state index in [1.165, 1.54) is 6.33 Å². The van der Waals surface area contributed by atoms with Crippen molar-refractivity contribution in [3.63, 3.8) is 0 Å². The average molecular weight is 422 g/mol. The lowest BCUT2D eigenvalue weighted by atomic mass is 10.3. The molecule has 0 aliphatic rings. The number of ether oxygens (including phenoxy) is 1. The zero-order valence-electron chi connectivity index (χ0n) is 14.2. The van der Waals surface area contributed by atoms with Gasteiger partial charge >= 0.3 is 0 Å². The lowest BCUT2D eigenvalue weighted by Crippen LogP contribution is -1.98. The molecule has 2 aromatic heterocycles. The smallest absolute Gasteiger partial charge is 0.158 e. The van der Waals surface area contributed by atoms with E-state index in [1.807, 2.05) is 42.1 Å². The second-order valence-electron chi connectivity index (χ2n) is 5.71. The van der Waals surface area contributed by atoms with E-state index in [9.17, 15) is 0 Å². The first-order valence-electron chi connectivity index (χ1n) is 7.86. The summed E-state index contributed by atoms with van der Waals surface area (Å²) >= 11 is 12.4. The van der Waals surface area contributed by atoms with Crippen LogP contribution in [0.4, 0.5) is 11.5 Å². The number of aromatic nitrogens is 3. The molecule has 138 valence electrons. The number of fused-ring (bicyclic) bond motifs is 1. The number of anilines is 2. The van der Waals surface area contributed by atoms with E-state index < -0.39 is 0 Å².